The predicted octanol–water partition coefficient (Wildman–Crippen LogP) is 5.21. The molecule has 3 aromatic rings. The number of amides is 1. The van der Waals surface area contributed by atoms with E-state index in [0.717, 1.165) is 23.3 Å². The van der Waals surface area contributed by atoms with Crippen LogP contribution in [0.15, 0.2) is 66.5 Å². The first-order valence-electron chi connectivity index (χ1n) is 13.3. The second-order valence-electron chi connectivity index (χ2n) is 9.73. The van der Waals surface area contributed by atoms with Crippen LogP contribution in [0.1, 0.15) is 55.5 Å². The van der Waals surface area contributed by atoms with Gasteiger partial charge in [0.05, 0.1) is 24.8 Å². The van der Waals surface area contributed by atoms with Crippen molar-refractivity contribution in [2.75, 3.05) is 13.2 Å². The number of hydrogen-bond acceptors (Lipinski definition) is 7. The van der Waals surface area contributed by atoms with Crippen molar-refractivity contribution in [1.29, 1.82) is 0 Å². The Morgan fingerprint density at radius 1 is 1.10 bits per heavy atom. The van der Waals surface area contributed by atoms with E-state index >= 15 is 0 Å². The molecule has 1 fully saturated rings. The molecular formula is C31H32N2O6. The number of hydrogen-bond donors (Lipinski definition) is 1. The van der Waals surface area contributed by atoms with Gasteiger partial charge < -0.3 is 24.2 Å². The fraction of sp³-hybridized carbons (Fsp3) is 0.323. The Morgan fingerprint density at radius 3 is 2.69 bits per heavy atom. The minimum atomic E-state index is -0.840. The van der Waals surface area contributed by atoms with Gasteiger partial charge in [-0.05, 0) is 73.4 Å². The van der Waals surface area contributed by atoms with Crippen LogP contribution in [-0.2, 0) is 22.6 Å². The number of benzene rings is 2. The molecule has 1 saturated heterocycles. The number of aliphatic hydroxyl groups excluding tert-OH is 1. The molecule has 0 bridgehead atoms. The topological polar surface area (TPSA) is 98.2 Å². The smallest absolute Gasteiger partial charge is 0.295 e. The largest absolute Gasteiger partial charge is 0.507 e. The van der Waals surface area contributed by atoms with Gasteiger partial charge in [0, 0.05) is 30.9 Å². The first-order valence-corrected chi connectivity index (χ1v) is 13.3. The van der Waals surface area contributed by atoms with Crippen molar-refractivity contribution in [3.05, 3.63) is 88.8 Å². The molecule has 0 radical (unpaired) electrons. The fourth-order valence-corrected chi connectivity index (χ4v) is 5.10. The number of fused-ring (bicyclic) bond motifs is 1. The summed E-state index contributed by atoms with van der Waals surface area (Å²) in [6.07, 6.45) is 4.88. The molecule has 1 aromatic heterocycles. The third-order valence-electron chi connectivity index (χ3n) is 6.83. The molecule has 0 spiro atoms. The standard InChI is InChI=1S/C31H32N2O6/c1-4-13-38-25-11-8-21(16-26(25)37-5-2)28-27(29(34)22-9-10-24-23(15-22)14-19(3)39-24)30(35)31(36)33(28)18-20-7-6-12-32-17-20/h6-12,15-17,19,28,34H,4-5,13-14,18H2,1-3H3/t19-,28-/m0/s1. The summed E-state index contributed by atoms with van der Waals surface area (Å²) in [5, 5.41) is 11.5. The third kappa shape index (κ3) is 5.19. The van der Waals surface area contributed by atoms with Crippen LogP contribution in [0.3, 0.4) is 0 Å². The van der Waals surface area contributed by atoms with Gasteiger partial charge in [-0.15, -0.1) is 0 Å². The van der Waals surface area contributed by atoms with Crippen LogP contribution >= 0.6 is 0 Å². The quantitative estimate of drug-likeness (QED) is 0.231. The molecule has 2 aliphatic rings. The summed E-state index contributed by atoms with van der Waals surface area (Å²) in [6, 6.07) is 13.5. The van der Waals surface area contributed by atoms with Crippen molar-refractivity contribution >= 4 is 17.4 Å². The second-order valence-corrected chi connectivity index (χ2v) is 9.73. The SMILES string of the molecule is CCCOc1ccc([C@H]2C(=C(O)c3ccc4c(c3)C[C@H](C)O4)C(=O)C(=O)N2Cc2cccnc2)cc1OCC. The average Bonchev–Trinajstić information content (AvgIpc) is 3.43. The van der Waals surface area contributed by atoms with Crippen molar-refractivity contribution in [3.63, 3.8) is 0 Å². The monoisotopic (exact) mass is 528 g/mol. The van der Waals surface area contributed by atoms with E-state index in [2.05, 4.69) is 4.98 Å². The molecule has 2 aliphatic heterocycles. The Hall–Kier alpha value is -4.33. The number of nitrogens with zero attached hydrogens (tertiary/aromatic N) is 2. The zero-order valence-electron chi connectivity index (χ0n) is 22.3. The van der Waals surface area contributed by atoms with Gasteiger partial charge in [-0.25, -0.2) is 0 Å². The van der Waals surface area contributed by atoms with Crippen molar-refractivity contribution in [1.82, 2.24) is 9.88 Å². The molecule has 0 saturated carbocycles. The third-order valence-corrected chi connectivity index (χ3v) is 6.83. The van der Waals surface area contributed by atoms with Crippen LogP contribution in [0.2, 0.25) is 0 Å². The lowest BCUT2D eigenvalue weighted by Gasteiger charge is -2.26. The molecule has 3 heterocycles. The predicted molar refractivity (Wildman–Crippen MR) is 146 cm³/mol. The Balaban J connectivity index is 1.63. The Morgan fingerprint density at radius 2 is 1.95 bits per heavy atom. The van der Waals surface area contributed by atoms with E-state index in [4.69, 9.17) is 14.2 Å². The van der Waals surface area contributed by atoms with E-state index in [0.29, 0.717) is 42.3 Å². The summed E-state index contributed by atoms with van der Waals surface area (Å²) in [6.45, 7) is 6.97. The summed E-state index contributed by atoms with van der Waals surface area (Å²) in [7, 11) is 0. The first-order chi connectivity index (χ1) is 18.9. The molecule has 1 amide bonds. The lowest BCUT2D eigenvalue weighted by molar-refractivity contribution is -0.140. The van der Waals surface area contributed by atoms with E-state index in [1.54, 1.807) is 42.7 Å². The number of ether oxygens (including phenoxy) is 3. The van der Waals surface area contributed by atoms with E-state index in [1.807, 2.05) is 39.0 Å². The van der Waals surface area contributed by atoms with Crippen molar-refractivity contribution < 1.29 is 28.9 Å². The molecule has 202 valence electrons. The average molecular weight is 529 g/mol. The van der Waals surface area contributed by atoms with Crippen molar-refractivity contribution in [3.8, 4) is 17.2 Å². The zero-order chi connectivity index (χ0) is 27.5. The normalized spacial score (nSPS) is 19.6. The number of aliphatic hydroxyl groups is 1. The number of pyridine rings is 1. The van der Waals surface area contributed by atoms with Crippen LogP contribution in [0.4, 0.5) is 0 Å². The van der Waals surface area contributed by atoms with Crippen molar-refractivity contribution in [2.45, 2.75) is 52.3 Å². The highest BCUT2D eigenvalue weighted by molar-refractivity contribution is 6.46. The highest BCUT2D eigenvalue weighted by Crippen LogP contribution is 2.43. The van der Waals surface area contributed by atoms with E-state index in [9.17, 15) is 14.7 Å². The Bertz CT molecular complexity index is 1420. The Labute approximate surface area is 227 Å². The van der Waals surface area contributed by atoms with Crippen LogP contribution in [-0.4, -0.2) is 46.0 Å². The number of Topliss-reactive ketones (excluding diaryl/α,β-unsaturated/α-hetero) is 1. The van der Waals surface area contributed by atoms with E-state index < -0.39 is 17.7 Å². The summed E-state index contributed by atoms with van der Waals surface area (Å²) in [5.41, 5.74) is 2.83. The lowest BCUT2D eigenvalue weighted by atomic mass is 9.94. The number of rotatable bonds is 9. The molecule has 2 atom stereocenters. The molecule has 8 nitrogen and oxygen atoms in total. The molecule has 0 aliphatic carbocycles. The van der Waals surface area contributed by atoms with Gasteiger partial charge in [0.15, 0.2) is 11.5 Å². The maximum absolute atomic E-state index is 13.5. The maximum atomic E-state index is 13.5. The molecule has 8 heteroatoms. The second kappa shape index (κ2) is 11.2. The molecule has 5 rings (SSSR count). The molecule has 39 heavy (non-hydrogen) atoms. The lowest BCUT2D eigenvalue weighted by Crippen LogP contribution is -2.29. The fourth-order valence-electron chi connectivity index (χ4n) is 5.10. The van der Waals surface area contributed by atoms with Crippen LogP contribution < -0.4 is 14.2 Å². The summed E-state index contributed by atoms with van der Waals surface area (Å²) in [4.78, 5) is 32.6. The van der Waals surface area contributed by atoms with Crippen LogP contribution in [0.5, 0.6) is 17.2 Å². The molecule has 0 unspecified atom stereocenters. The minimum Gasteiger partial charge on any atom is -0.507 e. The van der Waals surface area contributed by atoms with E-state index in [1.165, 1.54) is 4.90 Å². The van der Waals surface area contributed by atoms with Gasteiger partial charge in [0.1, 0.15) is 17.6 Å². The highest BCUT2D eigenvalue weighted by Gasteiger charge is 2.46. The summed E-state index contributed by atoms with van der Waals surface area (Å²) >= 11 is 0. The molecular weight excluding hydrogens is 496 g/mol. The van der Waals surface area contributed by atoms with E-state index in [-0.39, 0.29) is 24.0 Å². The van der Waals surface area contributed by atoms with Gasteiger partial charge in [0.2, 0.25) is 0 Å². The van der Waals surface area contributed by atoms with Gasteiger partial charge in [0.25, 0.3) is 11.7 Å². The number of likely N-dealkylation sites (tertiary alicyclic amines) is 1. The first kappa shape index (κ1) is 26.3. The van der Waals surface area contributed by atoms with Crippen LogP contribution in [0.25, 0.3) is 5.76 Å². The summed E-state index contributed by atoms with van der Waals surface area (Å²) < 4.78 is 17.5. The number of carbonyl (C=O) groups is 2. The number of carbonyl (C=O) groups excluding carboxylic acids is 2. The van der Waals surface area contributed by atoms with Crippen LogP contribution in [0, 0.1) is 0 Å². The minimum absolute atomic E-state index is 0.0282. The number of ketones is 1. The van der Waals surface area contributed by atoms with Gasteiger partial charge in [-0.3, -0.25) is 14.6 Å². The summed E-state index contributed by atoms with van der Waals surface area (Å²) in [5.74, 6) is 0.206. The Kier molecular flexibility index (Phi) is 7.54. The maximum Gasteiger partial charge on any atom is 0.295 e. The zero-order valence-corrected chi connectivity index (χ0v) is 22.3. The van der Waals surface area contributed by atoms with Crippen molar-refractivity contribution in [2.24, 2.45) is 0 Å². The number of aromatic nitrogens is 1. The molecule has 1 N–H and O–H groups in total. The van der Waals surface area contributed by atoms with Gasteiger partial charge in [-0.2, -0.15) is 0 Å². The van der Waals surface area contributed by atoms with Gasteiger partial charge in [-0.1, -0.05) is 19.1 Å². The molecule has 2 aromatic carbocycles. The highest BCUT2D eigenvalue weighted by atomic mass is 16.5. The van der Waals surface area contributed by atoms with Gasteiger partial charge >= 0.3 is 0 Å².